The van der Waals surface area contributed by atoms with E-state index in [1.54, 1.807) is 24.3 Å². The van der Waals surface area contributed by atoms with Gasteiger partial charge in [0.2, 0.25) is 0 Å². The molecular weight excluding hydrogens is 387 g/mol. The van der Waals surface area contributed by atoms with Crippen molar-refractivity contribution in [2.45, 2.75) is 13.3 Å². The Balaban J connectivity index is 1.95. The number of phenolic OH excluding ortho intramolecular Hbond substituents is 1. The molecule has 0 aliphatic heterocycles. The van der Waals surface area contributed by atoms with Crippen LogP contribution in [0.5, 0.6) is 5.75 Å². The number of primary amides is 1. The number of nitrogens with zero attached hydrogens (tertiary/aromatic N) is 2. The fraction of sp³-hybridized carbons (Fsp3) is 0.105. The molecule has 0 radical (unpaired) electrons. The van der Waals surface area contributed by atoms with E-state index in [4.69, 9.17) is 28.9 Å². The SMILES string of the molecule is Cc1cc(O)c(C=Nc2n[nH]c(Cc3cccc(Cl)c3)c2C(N)=O)c(Cl)c1. The van der Waals surface area contributed by atoms with Gasteiger partial charge in [0.15, 0.2) is 5.82 Å². The lowest BCUT2D eigenvalue weighted by atomic mass is 10.1. The van der Waals surface area contributed by atoms with E-state index < -0.39 is 5.91 Å². The lowest BCUT2D eigenvalue weighted by molar-refractivity contribution is 0.100. The highest BCUT2D eigenvalue weighted by molar-refractivity contribution is 6.33. The fourth-order valence-electron chi connectivity index (χ4n) is 2.69. The molecule has 2 aromatic carbocycles. The summed E-state index contributed by atoms with van der Waals surface area (Å²) in [6.45, 7) is 1.81. The lowest BCUT2D eigenvalue weighted by Crippen LogP contribution is -2.13. The number of hydrogen-bond donors (Lipinski definition) is 3. The summed E-state index contributed by atoms with van der Waals surface area (Å²) in [7, 11) is 0. The number of halogens is 2. The lowest BCUT2D eigenvalue weighted by Gasteiger charge is -2.04. The molecule has 27 heavy (non-hydrogen) atoms. The quantitative estimate of drug-likeness (QED) is 0.557. The molecule has 1 heterocycles. The van der Waals surface area contributed by atoms with Gasteiger partial charge in [-0.05, 0) is 42.3 Å². The van der Waals surface area contributed by atoms with E-state index in [1.807, 2.05) is 19.1 Å². The van der Waals surface area contributed by atoms with Gasteiger partial charge in [0.1, 0.15) is 11.3 Å². The first-order valence-electron chi connectivity index (χ1n) is 8.00. The first-order chi connectivity index (χ1) is 12.8. The smallest absolute Gasteiger partial charge is 0.254 e. The third kappa shape index (κ3) is 4.30. The van der Waals surface area contributed by atoms with Crippen molar-refractivity contribution in [1.82, 2.24) is 10.2 Å². The van der Waals surface area contributed by atoms with Crippen LogP contribution in [0.25, 0.3) is 0 Å². The molecule has 3 aromatic rings. The molecule has 0 saturated carbocycles. The van der Waals surface area contributed by atoms with Crippen LogP contribution in [0, 0.1) is 6.92 Å². The Labute approximate surface area is 165 Å². The molecule has 0 saturated heterocycles. The number of rotatable bonds is 5. The molecule has 4 N–H and O–H groups in total. The van der Waals surface area contributed by atoms with Crippen molar-refractivity contribution in [3.63, 3.8) is 0 Å². The first-order valence-corrected chi connectivity index (χ1v) is 8.75. The number of aromatic amines is 1. The van der Waals surface area contributed by atoms with Crippen molar-refractivity contribution in [2.75, 3.05) is 0 Å². The zero-order valence-electron chi connectivity index (χ0n) is 14.3. The largest absolute Gasteiger partial charge is 0.507 e. The summed E-state index contributed by atoms with van der Waals surface area (Å²) < 4.78 is 0. The van der Waals surface area contributed by atoms with E-state index in [9.17, 15) is 9.90 Å². The van der Waals surface area contributed by atoms with Gasteiger partial charge in [-0.15, -0.1) is 0 Å². The molecule has 0 unspecified atom stereocenters. The van der Waals surface area contributed by atoms with Crippen molar-refractivity contribution >= 4 is 41.1 Å². The molecule has 138 valence electrons. The van der Waals surface area contributed by atoms with Crippen molar-refractivity contribution < 1.29 is 9.90 Å². The van der Waals surface area contributed by atoms with Gasteiger partial charge in [-0.3, -0.25) is 9.89 Å². The predicted octanol–water partition coefficient (Wildman–Crippen LogP) is 4.17. The number of phenols is 1. The molecule has 8 heteroatoms. The van der Waals surface area contributed by atoms with Crippen molar-refractivity contribution in [2.24, 2.45) is 10.7 Å². The van der Waals surface area contributed by atoms with Crippen LogP contribution in [0.15, 0.2) is 41.4 Å². The Hall–Kier alpha value is -2.83. The summed E-state index contributed by atoms with van der Waals surface area (Å²) in [5, 5.41) is 17.8. The zero-order valence-corrected chi connectivity index (χ0v) is 15.8. The third-order valence-corrected chi connectivity index (χ3v) is 4.45. The molecule has 0 spiro atoms. The number of hydrogen-bond acceptors (Lipinski definition) is 4. The van der Waals surface area contributed by atoms with E-state index in [1.165, 1.54) is 6.21 Å². The number of carbonyl (C=O) groups excluding carboxylic acids is 1. The molecule has 0 aliphatic carbocycles. The predicted molar refractivity (Wildman–Crippen MR) is 106 cm³/mol. The van der Waals surface area contributed by atoms with Crippen LogP contribution in [0.2, 0.25) is 10.0 Å². The van der Waals surface area contributed by atoms with E-state index in [0.717, 1.165) is 11.1 Å². The van der Waals surface area contributed by atoms with Crippen LogP contribution >= 0.6 is 23.2 Å². The molecule has 0 aliphatic rings. The summed E-state index contributed by atoms with van der Waals surface area (Å²) in [5.74, 6) is -0.554. The van der Waals surface area contributed by atoms with Crippen LogP contribution in [0.1, 0.15) is 32.7 Å². The molecule has 1 amide bonds. The number of nitrogens with two attached hydrogens (primary N) is 1. The summed E-state index contributed by atoms with van der Waals surface area (Å²) >= 11 is 12.1. The van der Waals surface area contributed by atoms with E-state index >= 15 is 0 Å². The Morgan fingerprint density at radius 2 is 2.11 bits per heavy atom. The second-order valence-electron chi connectivity index (χ2n) is 6.01. The average molecular weight is 403 g/mol. The van der Waals surface area contributed by atoms with Gasteiger partial charge < -0.3 is 10.8 Å². The van der Waals surface area contributed by atoms with E-state index in [-0.39, 0.29) is 17.1 Å². The first kappa shape index (κ1) is 18.9. The van der Waals surface area contributed by atoms with Crippen LogP contribution in [-0.4, -0.2) is 27.4 Å². The van der Waals surface area contributed by atoms with Crippen LogP contribution < -0.4 is 5.73 Å². The second-order valence-corrected chi connectivity index (χ2v) is 6.85. The molecule has 1 aromatic heterocycles. The van der Waals surface area contributed by atoms with Gasteiger partial charge in [-0.2, -0.15) is 5.10 Å². The van der Waals surface area contributed by atoms with Gasteiger partial charge in [-0.25, -0.2) is 4.99 Å². The number of aromatic hydroxyl groups is 1. The van der Waals surface area contributed by atoms with Crippen LogP contribution in [0.4, 0.5) is 5.82 Å². The minimum absolute atomic E-state index is 0.0148. The normalized spacial score (nSPS) is 11.2. The topological polar surface area (TPSA) is 104 Å². The number of aromatic nitrogens is 2. The summed E-state index contributed by atoms with van der Waals surface area (Å²) in [6.07, 6.45) is 1.74. The maximum atomic E-state index is 11.9. The maximum absolute atomic E-state index is 11.9. The fourth-order valence-corrected chi connectivity index (χ4v) is 3.22. The zero-order chi connectivity index (χ0) is 19.6. The number of aryl methyl sites for hydroxylation is 1. The highest BCUT2D eigenvalue weighted by atomic mass is 35.5. The Morgan fingerprint density at radius 1 is 1.33 bits per heavy atom. The van der Waals surface area contributed by atoms with E-state index in [0.29, 0.717) is 27.7 Å². The minimum atomic E-state index is -0.660. The van der Waals surface area contributed by atoms with Crippen molar-refractivity contribution in [1.29, 1.82) is 0 Å². The van der Waals surface area contributed by atoms with Gasteiger partial charge >= 0.3 is 0 Å². The average Bonchev–Trinajstić information content (AvgIpc) is 2.96. The Kier molecular flexibility index (Phi) is 5.48. The molecule has 6 nitrogen and oxygen atoms in total. The number of nitrogens with one attached hydrogen (secondary N) is 1. The number of aliphatic imine (C=N–C) groups is 1. The number of carbonyl (C=O) groups is 1. The highest BCUT2D eigenvalue weighted by Crippen LogP contribution is 2.28. The van der Waals surface area contributed by atoms with Gasteiger partial charge in [0.25, 0.3) is 5.91 Å². The van der Waals surface area contributed by atoms with Gasteiger partial charge in [-0.1, -0.05) is 35.3 Å². The molecule has 0 atom stereocenters. The molecular formula is C19H16Cl2N4O2. The standard InChI is InChI=1S/C19H16Cl2N4O2/c1-10-5-14(21)13(16(26)6-10)9-23-19-17(18(22)27)15(24-25-19)8-11-3-2-4-12(20)7-11/h2-7,9,26H,8H2,1H3,(H2,22,27)(H,24,25). The Bertz CT molecular complexity index is 1020. The van der Waals surface area contributed by atoms with Crippen LogP contribution in [0.3, 0.4) is 0 Å². The van der Waals surface area contributed by atoms with E-state index in [2.05, 4.69) is 15.2 Å². The summed E-state index contributed by atoms with van der Waals surface area (Å²) in [6, 6.07) is 10.5. The van der Waals surface area contributed by atoms with Gasteiger partial charge in [0.05, 0.1) is 16.3 Å². The summed E-state index contributed by atoms with van der Waals surface area (Å²) in [4.78, 5) is 16.1. The molecule has 3 rings (SSSR count). The minimum Gasteiger partial charge on any atom is -0.507 e. The summed E-state index contributed by atoms with van der Waals surface area (Å²) in [5.41, 5.74) is 8.26. The molecule has 0 fully saturated rings. The number of amides is 1. The Morgan fingerprint density at radius 3 is 2.78 bits per heavy atom. The maximum Gasteiger partial charge on any atom is 0.254 e. The monoisotopic (exact) mass is 402 g/mol. The second kappa shape index (κ2) is 7.82. The third-order valence-electron chi connectivity index (χ3n) is 3.91. The van der Waals surface area contributed by atoms with Crippen molar-refractivity contribution in [3.05, 3.63) is 74.4 Å². The number of H-pyrrole nitrogens is 1. The number of benzene rings is 2. The highest BCUT2D eigenvalue weighted by Gasteiger charge is 2.18. The van der Waals surface area contributed by atoms with Crippen LogP contribution in [-0.2, 0) is 6.42 Å². The molecule has 0 bridgehead atoms. The van der Waals surface area contributed by atoms with Gasteiger partial charge in [0, 0.05) is 17.7 Å². The van der Waals surface area contributed by atoms with Crippen molar-refractivity contribution in [3.8, 4) is 5.75 Å².